The van der Waals surface area contributed by atoms with Crippen molar-refractivity contribution >= 4 is 12.0 Å². The average Bonchev–Trinajstić information content (AvgIpc) is 2.15. The summed E-state index contributed by atoms with van der Waals surface area (Å²) in [6.07, 6.45) is 5.41. The highest BCUT2D eigenvalue weighted by Crippen LogP contribution is 2.13. The van der Waals surface area contributed by atoms with Crippen LogP contribution in [0.25, 0.3) is 0 Å². The molecule has 0 aromatic carbocycles. The quantitative estimate of drug-likeness (QED) is 0.477. The molecule has 8 heavy (non-hydrogen) atoms. The maximum atomic E-state index is 4.03. The van der Waals surface area contributed by atoms with Crippen LogP contribution in [0.15, 0.2) is 17.5 Å². The van der Waals surface area contributed by atoms with Crippen molar-refractivity contribution < 1.29 is 0 Å². The van der Waals surface area contributed by atoms with Gasteiger partial charge in [0.1, 0.15) is 0 Å². The Labute approximate surface area is 46.7 Å². The summed E-state index contributed by atoms with van der Waals surface area (Å²) in [4.78, 5) is 7.93. The van der Waals surface area contributed by atoms with Crippen molar-refractivity contribution in [3.63, 3.8) is 0 Å². The molecule has 2 heterocycles. The molecule has 0 saturated carbocycles. The molecule has 0 spiro atoms. The van der Waals surface area contributed by atoms with Crippen LogP contribution < -0.4 is 0 Å². The van der Waals surface area contributed by atoms with Crippen LogP contribution in [0.5, 0.6) is 0 Å². The van der Waals surface area contributed by atoms with Crippen molar-refractivity contribution in [2.24, 2.45) is 4.99 Å². The number of nitrogens with zero attached hydrogens (tertiary/aromatic N) is 3. The Kier molecular flexibility index (Phi) is 0.566. The largest absolute Gasteiger partial charge is 0.310 e. The van der Waals surface area contributed by atoms with Crippen LogP contribution in [0.4, 0.5) is 5.82 Å². The van der Waals surface area contributed by atoms with E-state index in [0.717, 1.165) is 12.4 Å². The van der Waals surface area contributed by atoms with Crippen LogP contribution in [0.3, 0.4) is 0 Å². The van der Waals surface area contributed by atoms with Gasteiger partial charge in [-0.05, 0) is 0 Å². The summed E-state index contributed by atoms with van der Waals surface area (Å²) in [6.45, 7) is 0.884. The summed E-state index contributed by atoms with van der Waals surface area (Å²) >= 11 is 0. The van der Waals surface area contributed by atoms with Gasteiger partial charge in [-0.3, -0.25) is 0 Å². The van der Waals surface area contributed by atoms with E-state index in [-0.39, 0.29) is 0 Å². The van der Waals surface area contributed by atoms with E-state index < -0.39 is 0 Å². The van der Waals surface area contributed by atoms with E-state index in [9.17, 15) is 0 Å². The number of hydrogen-bond donors (Lipinski definition) is 0. The highest BCUT2D eigenvalue weighted by atomic mass is 15.2. The van der Waals surface area contributed by atoms with Crippen molar-refractivity contribution in [3.8, 4) is 0 Å². The Balaban J connectivity index is 2.67. The molecule has 0 unspecified atom stereocenters. The van der Waals surface area contributed by atoms with Gasteiger partial charge in [-0.25, -0.2) is 9.98 Å². The number of imidazole rings is 1. The van der Waals surface area contributed by atoms with Crippen molar-refractivity contribution in [1.82, 2.24) is 9.55 Å². The van der Waals surface area contributed by atoms with Crippen molar-refractivity contribution in [1.29, 1.82) is 0 Å². The zero-order chi connectivity index (χ0) is 5.40. The van der Waals surface area contributed by atoms with Crippen LogP contribution in [-0.4, -0.2) is 15.8 Å². The molecule has 0 bridgehead atoms. The van der Waals surface area contributed by atoms with E-state index in [4.69, 9.17) is 0 Å². The van der Waals surface area contributed by atoms with Gasteiger partial charge in [0.05, 0.1) is 19.1 Å². The molecule has 1 aromatic heterocycles. The van der Waals surface area contributed by atoms with Crippen LogP contribution in [0.1, 0.15) is 0 Å². The van der Waals surface area contributed by atoms with Gasteiger partial charge in [-0.2, -0.15) is 0 Å². The van der Waals surface area contributed by atoms with Crippen molar-refractivity contribution in [2.75, 3.05) is 0 Å². The van der Waals surface area contributed by atoms with Crippen LogP contribution in [0.2, 0.25) is 0 Å². The molecular weight excluding hydrogens is 102 g/mol. The molecule has 0 amide bonds. The molecule has 0 N–H and O–H groups in total. The second-order valence-corrected chi connectivity index (χ2v) is 1.72. The van der Waals surface area contributed by atoms with Crippen LogP contribution >= 0.6 is 0 Å². The normalized spacial score (nSPS) is 14.5. The fourth-order valence-corrected chi connectivity index (χ4v) is 0.784. The lowest BCUT2D eigenvalue weighted by atomic mass is 10.7. The molecule has 0 fully saturated rings. The van der Waals surface area contributed by atoms with Crippen LogP contribution in [0, 0.1) is 0 Å². The molecule has 0 atom stereocenters. The molecule has 1 aromatic rings. The highest BCUT2D eigenvalue weighted by Gasteiger charge is 2.01. The average molecular weight is 107 g/mol. The van der Waals surface area contributed by atoms with Crippen LogP contribution in [-0.2, 0) is 6.54 Å². The van der Waals surface area contributed by atoms with E-state index in [1.165, 1.54) is 0 Å². The number of fused-ring (bicyclic) bond motifs is 1. The smallest absolute Gasteiger partial charge is 0.152 e. The lowest BCUT2D eigenvalue weighted by molar-refractivity contribution is 0.894. The van der Waals surface area contributed by atoms with E-state index in [2.05, 4.69) is 9.98 Å². The third-order valence-corrected chi connectivity index (χ3v) is 1.19. The molecule has 3 heteroatoms. The second kappa shape index (κ2) is 1.18. The predicted octanol–water partition coefficient (Wildman–Crippen LogP) is 0.599. The zero-order valence-electron chi connectivity index (χ0n) is 4.28. The van der Waals surface area contributed by atoms with Gasteiger partial charge in [0.2, 0.25) is 0 Å². The lowest BCUT2D eigenvalue weighted by Gasteiger charge is -1.86. The Morgan fingerprint density at radius 2 is 2.62 bits per heavy atom. The summed E-state index contributed by atoms with van der Waals surface area (Å²) in [5.41, 5.74) is 0. The summed E-state index contributed by atoms with van der Waals surface area (Å²) in [6, 6.07) is 0. The minimum Gasteiger partial charge on any atom is -0.310 e. The molecular formula is C5H5N3. The maximum absolute atomic E-state index is 4.03. The van der Waals surface area contributed by atoms with E-state index >= 15 is 0 Å². The third-order valence-electron chi connectivity index (χ3n) is 1.19. The summed E-state index contributed by atoms with van der Waals surface area (Å²) in [5.74, 6) is 0.963. The maximum Gasteiger partial charge on any atom is 0.152 e. The highest BCUT2D eigenvalue weighted by molar-refractivity contribution is 5.66. The first-order chi connectivity index (χ1) is 3.97. The minimum absolute atomic E-state index is 0.884. The van der Waals surface area contributed by atoms with E-state index in [1.807, 2.05) is 10.8 Å². The molecule has 0 radical (unpaired) electrons. The van der Waals surface area contributed by atoms with Gasteiger partial charge >= 0.3 is 0 Å². The van der Waals surface area contributed by atoms with E-state index in [0.29, 0.717) is 0 Å². The molecule has 1 aliphatic heterocycles. The Hall–Kier alpha value is -1.12. The topological polar surface area (TPSA) is 30.2 Å². The monoisotopic (exact) mass is 107 g/mol. The standard InChI is InChI=1S/C5H5N3/c1-2-8-4-6-3-5(8)7-1/h1,3-4H,2H2. The first-order valence-electron chi connectivity index (χ1n) is 2.49. The Bertz CT molecular complexity index is 223. The summed E-state index contributed by atoms with van der Waals surface area (Å²) in [5, 5.41) is 0. The van der Waals surface area contributed by atoms with Gasteiger partial charge in [-0.15, -0.1) is 0 Å². The lowest BCUT2D eigenvalue weighted by Crippen LogP contribution is -1.87. The number of aliphatic imine (C=N–C) groups is 1. The zero-order valence-corrected chi connectivity index (χ0v) is 4.28. The molecule has 40 valence electrons. The SMILES string of the molecule is C1=Nc2cncn2C1. The predicted molar refractivity (Wildman–Crippen MR) is 30.4 cm³/mol. The number of hydrogen-bond acceptors (Lipinski definition) is 2. The van der Waals surface area contributed by atoms with Gasteiger partial charge in [0.15, 0.2) is 5.82 Å². The first kappa shape index (κ1) is 3.83. The number of aromatic nitrogens is 2. The molecule has 1 aliphatic rings. The summed E-state index contributed by atoms with van der Waals surface area (Å²) in [7, 11) is 0. The molecule has 0 aliphatic carbocycles. The minimum atomic E-state index is 0.884. The molecule has 0 saturated heterocycles. The van der Waals surface area contributed by atoms with Crippen molar-refractivity contribution in [2.45, 2.75) is 6.54 Å². The molecule has 2 rings (SSSR count). The van der Waals surface area contributed by atoms with Gasteiger partial charge < -0.3 is 4.57 Å². The Morgan fingerprint density at radius 1 is 1.62 bits per heavy atom. The first-order valence-corrected chi connectivity index (χ1v) is 2.49. The fourth-order valence-electron chi connectivity index (χ4n) is 0.784. The second-order valence-electron chi connectivity index (χ2n) is 1.72. The van der Waals surface area contributed by atoms with Crippen molar-refractivity contribution in [3.05, 3.63) is 12.5 Å². The molecule has 3 nitrogen and oxygen atoms in total. The Morgan fingerprint density at radius 3 is 3.50 bits per heavy atom. The van der Waals surface area contributed by atoms with E-state index in [1.54, 1.807) is 12.5 Å². The number of rotatable bonds is 0. The summed E-state index contributed by atoms with van der Waals surface area (Å²) < 4.78 is 1.99. The van der Waals surface area contributed by atoms with Gasteiger partial charge in [-0.1, -0.05) is 0 Å². The van der Waals surface area contributed by atoms with Gasteiger partial charge in [0.25, 0.3) is 0 Å². The third kappa shape index (κ3) is 0.332. The fraction of sp³-hybridized carbons (Fsp3) is 0.200. The van der Waals surface area contributed by atoms with Gasteiger partial charge in [0, 0.05) is 6.21 Å².